The Kier molecular flexibility index (Phi) is 4.65. The summed E-state index contributed by atoms with van der Waals surface area (Å²) in [6.45, 7) is 2.01. The van der Waals surface area contributed by atoms with Crippen molar-refractivity contribution in [1.82, 2.24) is 0 Å². The summed E-state index contributed by atoms with van der Waals surface area (Å²) in [6, 6.07) is 10.3. The van der Waals surface area contributed by atoms with Crippen LogP contribution in [0, 0.1) is 18.8 Å². The van der Waals surface area contributed by atoms with Crippen LogP contribution in [-0.2, 0) is 0 Å². The molecule has 0 radical (unpaired) electrons. The summed E-state index contributed by atoms with van der Waals surface area (Å²) in [7, 11) is 0. The summed E-state index contributed by atoms with van der Waals surface area (Å²) >= 11 is 6.45. The first-order chi connectivity index (χ1) is 10.8. The molecule has 3 heteroatoms. The molecule has 0 aliphatic heterocycles. The Morgan fingerprint density at radius 2 is 1.95 bits per heavy atom. The maximum atomic E-state index is 4.64. The number of aliphatic imine (C=N–C) groups is 1. The molecule has 1 aromatic heterocycles. The Bertz CT molecular complexity index is 819. The zero-order valence-corrected chi connectivity index (χ0v) is 13.9. The number of isothiocyanates is 1. The summed E-state index contributed by atoms with van der Waals surface area (Å²) in [6.07, 6.45) is 6.86. The molecule has 1 heterocycles. The van der Waals surface area contributed by atoms with Gasteiger partial charge in [0.15, 0.2) is 0 Å². The molecule has 0 saturated carbocycles. The Hall–Kier alpha value is -1.98. The smallest absolute Gasteiger partial charge is 0.0775 e. The molecule has 108 valence electrons. The minimum Gasteiger partial charge on any atom is -0.194 e. The van der Waals surface area contributed by atoms with Crippen molar-refractivity contribution in [1.29, 1.82) is 0 Å². The predicted octanol–water partition coefficient (Wildman–Crippen LogP) is 5.62. The van der Waals surface area contributed by atoms with Crippen LogP contribution in [0.25, 0.3) is 0 Å². The van der Waals surface area contributed by atoms with Crippen molar-refractivity contribution < 1.29 is 0 Å². The first kappa shape index (κ1) is 14.9. The van der Waals surface area contributed by atoms with Crippen LogP contribution in [0.1, 0.15) is 39.6 Å². The van der Waals surface area contributed by atoms with Gasteiger partial charge in [-0.1, -0.05) is 24.0 Å². The van der Waals surface area contributed by atoms with E-state index < -0.39 is 0 Å². The van der Waals surface area contributed by atoms with Gasteiger partial charge in [0.1, 0.15) is 0 Å². The second-order valence-electron chi connectivity index (χ2n) is 5.30. The number of hydrogen-bond acceptors (Lipinski definition) is 3. The summed E-state index contributed by atoms with van der Waals surface area (Å²) in [5.74, 6) is 7.16. The Morgan fingerprint density at radius 1 is 1.14 bits per heavy atom. The summed E-state index contributed by atoms with van der Waals surface area (Å²) in [4.78, 5) is 6.59. The lowest BCUT2D eigenvalue weighted by molar-refractivity contribution is 0.770. The highest BCUT2D eigenvalue weighted by Crippen LogP contribution is 2.33. The molecule has 0 bridgehead atoms. The predicted molar refractivity (Wildman–Crippen MR) is 97.3 cm³/mol. The molecule has 2 aromatic rings. The van der Waals surface area contributed by atoms with E-state index >= 15 is 0 Å². The molecule has 0 fully saturated rings. The van der Waals surface area contributed by atoms with Crippen LogP contribution < -0.4 is 0 Å². The van der Waals surface area contributed by atoms with Crippen molar-refractivity contribution in [3.63, 3.8) is 0 Å². The second kappa shape index (κ2) is 6.85. The van der Waals surface area contributed by atoms with Crippen LogP contribution in [0.2, 0.25) is 0 Å². The highest BCUT2D eigenvalue weighted by atomic mass is 32.1. The first-order valence-corrected chi connectivity index (χ1v) is 8.44. The summed E-state index contributed by atoms with van der Waals surface area (Å²) < 4.78 is 0. The molecule has 3 rings (SSSR count). The topological polar surface area (TPSA) is 12.4 Å². The number of thiocarbonyl (C=S) groups is 1. The van der Waals surface area contributed by atoms with E-state index in [1.807, 2.05) is 36.5 Å². The lowest BCUT2D eigenvalue weighted by Crippen LogP contribution is -1.86. The fourth-order valence-corrected chi connectivity index (χ4v) is 3.62. The van der Waals surface area contributed by atoms with Gasteiger partial charge in [-0.25, -0.2) is 0 Å². The normalized spacial score (nSPS) is 13.5. The van der Waals surface area contributed by atoms with Crippen molar-refractivity contribution in [2.24, 2.45) is 4.99 Å². The van der Waals surface area contributed by atoms with Crippen LogP contribution >= 0.6 is 23.6 Å². The highest BCUT2D eigenvalue weighted by Gasteiger charge is 2.14. The number of nitrogens with zero attached hydrogens (tertiary/aromatic N) is 1. The molecule has 1 aromatic carbocycles. The van der Waals surface area contributed by atoms with Crippen molar-refractivity contribution in [2.45, 2.75) is 25.7 Å². The van der Waals surface area contributed by atoms with Crippen LogP contribution in [0.15, 0.2) is 47.5 Å². The van der Waals surface area contributed by atoms with Gasteiger partial charge >= 0.3 is 0 Å². The van der Waals surface area contributed by atoms with Gasteiger partial charge in [0.05, 0.1) is 15.7 Å². The van der Waals surface area contributed by atoms with E-state index in [-0.39, 0.29) is 0 Å². The number of benzene rings is 1. The van der Waals surface area contributed by atoms with Crippen LogP contribution in [0.4, 0.5) is 5.69 Å². The highest BCUT2D eigenvalue weighted by molar-refractivity contribution is 7.78. The average molecular weight is 321 g/mol. The molecule has 0 atom stereocenters. The number of aryl methyl sites for hydroxylation is 1. The van der Waals surface area contributed by atoms with E-state index in [1.54, 1.807) is 0 Å². The van der Waals surface area contributed by atoms with Gasteiger partial charge in [0.25, 0.3) is 0 Å². The van der Waals surface area contributed by atoms with E-state index in [0.29, 0.717) is 5.92 Å². The Balaban J connectivity index is 1.78. The Morgan fingerprint density at radius 3 is 2.68 bits per heavy atom. The quantitative estimate of drug-likeness (QED) is 0.302. The van der Waals surface area contributed by atoms with Gasteiger partial charge in [-0.05, 0) is 67.9 Å². The molecule has 0 spiro atoms. The number of hydrogen-bond donors (Lipinski definition) is 0. The molecular formula is C19H15NS2. The molecule has 1 aliphatic rings. The lowest BCUT2D eigenvalue weighted by Gasteiger charge is -2.03. The molecule has 0 amide bonds. The summed E-state index contributed by atoms with van der Waals surface area (Å²) in [5.41, 5.74) is 2.92. The summed E-state index contributed by atoms with van der Waals surface area (Å²) in [5, 5.41) is 2.40. The number of allylic oxidation sites excluding steroid dienone is 2. The van der Waals surface area contributed by atoms with E-state index in [1.165, 1.54) is 4.88 Å². The molecular weight excluding hydrogens is 306 g/mol. The van der Waals surface area contributed by atoms with Crippen molar-refractivity contribution in [3.8, 4) is 11.8 Å². The SMILES string of the molecule is Cc1cc(C#Cc2ccc(C3CC=CC3)s2)ccc1N=C=S. The molecule has 0 unspecified atom stereocenters. The van der Waals surface area contributed by atoms with E-state index in [9.17, 15) is 0 Å². The largest absolute Gasteiger partial charge is 0.194 e. The lowest BCUT2D eigenvalue weighted by atomic mass is 10.1. The van der Waals surface area contributed by atoms with Gasteiger partial charge in [0, 0.05) is 16.4 Å². The van der Waals surface area contributed by atoms with Crippen molar-refractivity contribution in [2.75, 3.05) is 0 Å². The molecule has 0 N–H and O–H groups in total. The van der Waals surface area contributed by atoms with Crippen molar-refractivity contribution in [3.05, 3.63) is 63.4 Å². The number of rotatable bonds is 2. The van der Waals surface area contributed by atoms with E-state index in [2.05, 4.69) is 58.5 Å². The van der Waals surface area contributed by atoms with Gasteiger partial charge in [-0.3, -0.25) is 0 Å². The molecule has 22 heavy (non-hydrogen) atoms. The Labute approximate surface area is 140 Å². The third-order valence-corrected chi connectivity index (χ3v) is 4.98. The van der Waals surface area contributed by atoms with Gasteiger partial charge < -0.3 is 0 Å². The van der Waals surface area contributed by atoms with Gasteiger partial charge in [-0.15, -0.1) is 11.3 Å². The molecule has 1 nitrogen and oxygen atoms in total. The first-order valence-electron chi connectivity index (χ1n) is 7.21. The second-order valence-corrected chi connectivity index (χ2v) is 6.59. The van der Waals surface area contributed by atoms with Gasteiger partial charge in [-0.2, -0.15) is 4.99 Å². The standard InChI is InChI=1S/C19H15NS2/c1-14-12-15(7-10-18(14)20-13-21)6-8-17-9-11-19(22-17)16-4-2-3-5-16/h2-3,7,9-12,16H,4-5H2,1H3. The average Bonchev–Trinajstić information content (AvgIpc) is 3.18. The minimum absolute atomic E-state index is 0.662. The molecule has 1 aliphatic carbocycles. The number of thiophene rings is 1. The zero-order chi connectivity index (χ0) is 15.4. The zero-order valence-electron chi connectivity index (χ0n) is 12.3. The van der Waals surface area contributed by atoms with Crippen LogP contribution in [0.5, 0.6) is 0 Å². The maximum absolute atomic E-state index is 4.64. The van der Waals surface area contributed by atoms with E-state index in [0.717, 1.165) is 34.5 Å². The van der Waals surface area contributed by atoms with Crippen LogP contribution in [0.3, 0.4) is 0 Å². The fourth-order valence-electron chi connectivity index (χ4n) is 2.53. The third kappa shape index (κ3) is 3.43. The van der Waals surface area contributed by atoms with Crippen molar-refractivity contribution >= 4 is 34.4 Å². The maximum Gasteiger partial charge on any atom is 0.0775 e. The van der Waals surface area contributed by atoms with Crippen LogP contribution in [-0.4, -0.2) is 5.16 Å². The van der Waals surface area contributed by atoms with E-state index in [4.69, 9.17) is 0 Å². The monoisotopic (exact) mass is 321 g/mol. The molecule has 0 saturated heterocycles. The van der Waals surface area contributed by atoms with Gasteiger partial charge in [0.2, 0.25) is 0 Å². The fraction of sp³-hybridized carbons (Fsp3) is 0.211. The minimum atomic E-state index is 0.662. The third-order valence-electron chi connectivity index (χ3n) is 3.73.